The quantitative estimate of drug-likeness (QED) is 0.405. The van der Waals surface area contributed by atoms with E-state index < -0.39 is 18.5 Å². The minimum Gasteiger partial charge on any atom is -0.390 e. The fourth-order valence-electron chi connectivity index (χ4n) is 1.04. The van der Waals surface area contributed by atoms with Crippen LogP contribution in [0.25, 0.3) is 0 Å². The van der Waals surface area contributed by atoms with E-state index in [2.05, 4.69) is 0 Å². The molecule has 4 atom stereocenters. The first-order chi connectivity index (χ1) is 4.61. The van der Waals surface area contributed by atoms with E-state index in [0.29, 0.717) is 6.42 Å². The van der Waals surface area contributed by atoms with E-state index in [1.165, 1.54) is 0 Å². The van der Waals surface area contributed by atoms with Crippen molar-refractivity contribution in [2.24, 2.45) is 0 Å². The third kappa shape index (κ3) is 1.46. The van der Waals surface area contributed by atoms with E-state index >= 15 is 0 Å². The van der Waals surface area contributed by atoms with E-state index in [1.54, 1.807) is 6.92 Å². The smallest absolute Gasteiger partial charge is 0.183 e. The van der Waals surface area contributed by atoms with Gasteiger partial charge in [0.05, 0.1) is 12.2 Å². The van der Waals surface area contributed by atoms with Gasteiger partial charge in [0.15, 0.2) is 6.29 Å². The highest BCUT2D eigenvalue weighted by molar-refractivity contribution is 4.77. The summed E-state index contributed by atoms with van der Waals surface area (Å²) >= 11 is 0. The molecule has 0 spiro atoms. The van der Waals surface area contributed by atoms with Crippen LogP contribution in [0.4, 0.5) is 0 Å². The van der Waals surface area contributed by atoms with Gasteiger partial charge < -0.3 is 20.1 Å². The van der Waals surface area contributed by atoms with Gasteiger partial charge in [-0.15, -0.1) is 0 Å². The van der Waals surface area contributed by atoms with Crippen LogP contribution in [0.3, 0.4) is 0 Å². The van der Waals surface area contributed by atoms with Crippen LogP contribution in [0.15, 0.2) is 0 Å². The zero-order valence-electron chi connectivity index (χ0n) is 5.77. The van der Waals surface area contributed by atoms with Gasteiger partial charge in [0.2, 0.25) is 0 Å². The predicted octanol–water partition coefficient (Wildman–Crippen LogP) is -1.16. The highest BCUT2D eigenvalue weighted by Gasteiger charge is 2.33. The summed E-state index contributed by atoms with van der Waals surface area (Å²) in [5.41, 5.74) is 0. The average Bonchev–Trinajstić information content (AvgIpc) is 1.82. The molecular weight excluding hydrogens is 136 g/mol. The van der Waals surface area contributed by atoms with Gasteiger partial charge in [-0.25, -0.2) is 0 Å². The molecule has 0 aromatic heterocycles. The lowest BCUT2D eigenvalue weighted by Crippen LogP contribution is -2.47. The van der Waals surface area contributed by atoms with Crippen molar-refractivity contribution in [2.75, 3.05) is 0 Å². The van der Waals surface area contributed by atoms with Gasteiger partial charge in [-0.1, -0.05) is 0 Å². The fraction of sp³-hybridized carbons (Fsp3) is 1.00. The van der Waals surface area contributed by atoms with Crippen molar-refractivity contribution >= 4 is 0 Å². The Balaban J connectivity index is 2.49. The summed E-state index contributed by atoms with van der Waals surface area (Å²) in [5.74, 6) is 0. The molecule has 1 unspecified atom stereocenters. The van der Waals surface area contributed by atoms with Crippen LogP contribution in [0.2, 0.25) is 0 Å². The Kier molecular flexibility index (Phi) is 2.25. The van der Waals surface area contributed by atoms with Crippen molar-refractivity contribution in [3.63, 3.8) is 0 Å². The largest absolute Gasteiger partial charge is 0.390 e. The molecule has 0 amide bonds. The molecule has 4 nitrogen and oxygen atoms in total. The SMILES string of the molecule is CC1C[C@@H](O)[C@H](O)[C@@H](O)O1. The Morgan fingerprint density at radius 2 is 1.90 bits per heavy atom. The van der Waals surface area contributed by atoms with Crippen molar-refractivity contribution in [2.45, 2.75) is 37.9 Å². The highest BCUT2D eigenvalue weighted by Crippen LogP contribution is 2.17. The van der Waals surface area contributed by atoms with Crippen LogP contribution >= 0.6 is 0 Å². The summed E-state index contributed by atoms with van der Waals surface area (Å²) in [7, 11) is 0. The monoisotopic (exact) mass is 148 g/mol. The molecule has 0 saturated carbocycles. The fourth-order valence-corrected chi connectivity index (χ4v) is 1.04. The molecule has 1 aliphatic heterocycles. The first-order valence-electron chi connectivity index (χ1n) is 3.31. The molecule has 0 aliphatic carbocycles. The maximum atomic E-state index is 9.03. The Morgan fingerprint density at radius 3 is 2.40 bits per heavy atom. The van der Waals surface area contributed by atoms with Gasteiger partial charge in [0.25, 0.3) is 0 Å². The van der Waals surface area contributed by atoms with Crippen molar-refractivity contribution < 1.29 is 20.1 Å². The van der Waals surface area contributed by atoms with Gasteiger partial charge in [-0.2, -0.15) is 0 Å². The van der Waals surface area contributed by atoms with Crippen molar-refractivity contribution in [1.82, 2.24) is 0 Å². The second-order valence-corrected chi connectivity index (χ2v) is 2.63. The maximum absolute atomic E-state index is 9.03. The highest BCUT2D eigenvalue weighted by atomic mass is 16.6. The Hall–Kier alpha value is -0.160. The molecule has 4 heteroatoms. The first-order valence-corrected chi connectivity index (χ1v) is 3.31. The number of hydrogen-bond acceptors (Lipinski definition) is 4. The zero-order chi connectivity index (χ0) is 7.72. The number of aliphatic hydroxyl groups excluding tert-OH is 3. The molecule has 1 aliphatic rings. The third-order valence-corrected chi connectivity index (χ3v) is 1.63. The average molecular weight is 148 g/mol. The summed E-state index contributed by atoms with van der Waals surface area (Å²) in [4.78, 5) is 0. The Morgan fingerprint density at radius 1 is 1.30 bits per heavy atom. The van der Waals surface area contributed by atoms with E-state index in [0.717, 1.165) is 0 Å². The van der Waals surface area contributed by atoms with Gasteiger partial charge >= 0.3 is 0 Å². The lowest BCUT2D eigenvalue weighted by Gasteiger charge is -2.32. The molecular formula is C6H12O4. The number of ether oxygens (including phenoxy) is 1. The molecule has 0 aromatic rings. The van der Waals surface area contributed by atoms with Gasteiger partial charge in [0, 0.05) is 6.42 Å². The number of aliphatic hydroxyl groups is 3. The molecule has 1 heterocycles. The molecule has 1 saturated heterocycles. The molecule has 3 N–H and O–H groups in total. The van der Waals surface area contributed by atoms with Crippen LogP contribution in [0.5, 0.6) is 0 Å². The Labute approximate surface area is 59.1 Å². The van der Waals surface area contributed by atoms with Crippen LogP contribution in [0.1, 0.15) is 13.3 Å². The van der Waals surface area contributed by atoms with Crippen molar-refractivity contribution in [3.05, 3.63) is 0 Å². The van der Waals surface area contributed by atoms with Gasteiger partial charge in [-0.05, 0) is 6.92 Å². The lowest BCUT2D eigenvalue weighted by molar-refractivity contribution is -0.242. The number of hydrogen-bond donors (Lipinski definition) is 3. The first kappa shape index (κ1) is 7.94. The van der Waals surface area contributed by atoms with E-state index in [1.807, 2.05) is 0 Å². The van der Waals surface area contributed by atoms with E-state index in [4.69, 9.17) is 20.1 Å². The normalized spacial score (nSPS) is 49.2. The summed E-state index contributed by atoms with van der Waals surface area (Å²) < 4.78 is 4.81. The van der Waals surface area contributed by atoms with E-state index in [-0.39, 0.29) is 6.10 Å². The molecule has 60 valence electrons. The van der Waals surface area contributed by atoms with Crippen molar-refractivity contribution in [1.29, 1.82) is 0 Å². The van der Waals surface area contributed by atoms with Crippen LogP contribution in [-0.2, 0) is 4.74 Å². The van der Waals surface area contributed by atoms with Gasteiger partial charge in [0.1, 0.15) is 6.10 Å². The summed E-state index contributed by atoms with van der Waals surface area (Å²) in [6.07, 6.45) is -3.07. The van der Waals surface area contributed by atoms with Crippen LogP contribution in [0, 0.1) is 0 Å². The number of rotatable bonds is 0. The predicted molar refractivity (Wildman–Crippen MR) is 33.2 cm³/mol. The summed E-state index contributed by atoms with van der Waals surface area (Å²) in [5, 5.41) is 26.9. The van der Waals surface area contributed by atoms with Crippen LogP contribution in [-0.4, -0.2) is 39.9 Å². The maximum Gasteiger partial charge on any atom is 0.183 e. The summed E-state index contributed by atoms with van der Waals surface area (Å²) in [6, 6.07) is 0. The zero-order valence-corrected chi connectivity index (χ0v) is 5.77. The molecule has 1 rings (SSSR count). The summed E-state index contributed by atoms with van der Waals surface area (Å²) in [6.45, 7) is 1.73. The Bertz CT molecular complexity index is 104. The third-order valence-electron chi connectivity index (χ3n) is 1.63. The van der Waals surface area contributed by atoms with Crippen molar-refractivity contribution in [3.8, 4) is 0 Å². The molecule has 0 bridgehead atoms. The molecule has 10 heavy (non-hydrogen) atoms. The van der Waals surface area contributed by atoms with E-state index in [9.17, 15) is 0 Å². The molecule has 0 radical (unpaired) electrons. The second-order valence-electron chi connectivity index (χ2n) is 2.63. The second kappa shape index (κ2) is 2.84. The minimum absolute atomic E-state index is 0.187. The lowest BCUT2D eigenvalue weighted by atomic mass is 10.0. The van der Waals surface area contributed by atoms with Crippen LogP contribution < -0.4 is 0 Å². The minimum atomic E-state index is -1.24. The standard InChI is InChI=1S/C6H12O4/c1-3-2-4(7)5(8)6(9)10-3/h3-9H,2H2,1H3/t3?,4-,5+,6+/m1/s1. The van der Waals surface area contributed by atoms with Gasteiger partial charge in [-0.3, -0.25) is 0 Å². The molecule has 0 aromatic carbocycles. The topological polar surface area (TPSA) is 69.9 Å². The molecule has 1 fully saturated rings.